The number of nitrogens with one attached hydrogen (secondary N) is 1. The van der Waals surface area contributed by atoms with Gasteiger partial charge in [-0.1, -0.05) is 13.0 Å². The van der Waals surface area contributed by atoms with E-state index in [1.54, 1.807) is 26.2 Å². The lowest BCUT2D eigenvalue weighted by Gasteiger charge is -2.18. The predicted molar refractivity (Wildman–Crippen MR) is 137 cm³/mol. The summed E-state index contributed by atoms with van der Waals surface area (Å²) < 4.78 is 17.6. The van der Waals surface area contributed by atoms with E-state index in [0.717, 1.165) is 27.3 Å². The summed E-state index contributed by atoms with van der Waals surface area (Å²) in [7, 11) is 3.26. The molecule has 8 nitrogen and oxygen atoms in total. The Balaban J connectivity index is 1.68. The molecular weight excluding hydrogens is 524 g/mol. The van der Waals surface area contributed by atoms with E-state index < -0.39 is 0 Å². The number of ether oxygens (including phenoxy) is 2. The molecule has 0 bridgehead atoms. The molecule has 0 fully saturated rings. The van der Waals surface area contributed by atoms with Gasteiger partial charge in [-0.15, -0.1) is 21.5 Å². The Kier molecular flexibility index (Phi) is 7.51. The van der Waals surface area contributed by atoms with Gasteiger partial charge in [0, 0.05) is 39.1 Å². The number of aromatic nitrogens is 5. The number of hydrogen-bond donors (Lipinski definition) is 1. The van der Waals surface area contributed by atoms with Crippen LogP contribution in [0.15, 0.2) is 46.4 Å². The summed E-state index contributed by atoms with van der Waals surface area (Å²) in [6.07, 6.45) is 2.61. The van der Waals surface area contributed by atoms with Gasteiger partial charge < -0.3 is 9.47 Å². The van der Waals surface area contributed by atoms with Crippen LogP contribution < -0.4 is 14.2 Å². The van der Waals surface area contributed by atoms with Gasteiger partial charge in [0.05, 0.1) is 14.2 Å². The molecule has 1 N–H and O–H groups in total. The normalized spacial score (nSPS) is 11.9. The monoisotopic (exact) mass is 546 g/mol. The first-order valence-corrected chi connectivity index (χ1v) is 12.7. The molecular formula is C22H23BrN6O2S2. The Labute approximate surface area is 209 Å². The van der Waals surface area contributed by atoms with Gasteiger partial charge in [0.2, 0.25) is 5.95 Å². The summed E-state index contributed by atoms with van der Waals surface area (Å²) >= 11 is 6.50. The molecule has 0 saturated carbocycles. The number of anilines is 1. The molecule has 0 aliphatic carbocycles. The molecule has 1 aromatic carbocycles. The topological polar surface area (TPSA) is 87.0 Å². The average Bonchev–Trinajstić information content (AvgIpc) is 3.44. The minimum absolute atomic E-state index is 0.231. The lowest BCUT2D eigenvalue weighted by Crippen LogP contribution is -2.10. The first kappa shape index (κ1) is 23.5. The van der Waals surface area contributed by atoms with Crippen LogP contribution in [0, 0.1) is 6.92 Å². The molecule has 0 spiro atoms. The molecule has 0 saturated heterocycles. The van der Waals surface area contributed by atoms with Crippen LogP contribution in [0.1, 0.15) is 18.3 Å². The largest absolute Gasteiger partial charge is 0.494 e. The molecule has 0 aliphatic rings. The zero-order valence-electron chi connectivity index (χ0n) is 18.6. The number of benzene rings is 1. The first-order chi connectivity index (χ1) is 16.0. The van der Waals surface area contributed by atoms with Crippen LogP contribution >= 0.6 is 39.2 Å². The Bertz CT molecular complexity index is 1210. The van der Waals surface area contributed by atoms with Crippen molar-refractivity contribution in [2.45, 2.75) is 25.5 Å². The van der Waals surface area contributed by atoms with Crippen molar-refractivity contribution in [3.05, 3.63) is 57.8 Å². The van der Waals surface area contributed by atoms with Crippen molar-refractivity contribution in [1.82, 2.24) is 24.7 Å². The average molecular weight is 548 g/mol. The van der Waals surface area contributed by atoms with E-state index in [9.17, 15) is 0 Å². The number of hydrogen-bond acceptors (Lipinski definition) is 9. The van der Waals surface area contributed by atoms with E-state index in [-0.39, 0.29) is 5.25 Å². The highest BCUT2D eigenvalue weighted by Gasteiger charge is 2.24. The molecule has 1 atom stereocenters. The van der Waals surface area contributed by atoms with E-state index in [2.05, 4.69) is 47.7 Å². The van der Waals surface area contributed by atoms with Crippen LogP contribution in [0.4, 0.5) is 5.95 Å². The molecule has 1 unspecified atom stereocenters. The molecule has 0 radical (unpaired) electrons. The van der Waals surface area contributed by atoms with Gasteiger partial charge >= 0.3 is 0 Å². The third-order valence-electron chi connectivity index (χ3n) is 4.74. The third kappa shape index (κ3) is 5.31. The summed E-state index contributed by atoms with van der Waals surface area (Å²) in [6.45, 7) is 4.09. The van der Waals surface area contributed by atoms with Crippen LogP contribution in [-0.2, 0) is 6.42 Å². The SMILES string of the molecule is COc1cccc(OC)c1-n1c(NSC(C)Cc2ccc(Br)cn2)nnc1-c1nc(C)cs1. The molecule has 4 rings (SSSR count). The van der Waals surface area contributed by atoms with Crippen LogP contribution in [0.25, 0.3) is 16.5 Å². The van der Waals surface area contributed by atoms with Crippen LogP contribution in [-0.4, -0.2) is 44.2 Å². The molecule has 4 aromatic rings. The number of para-hydroxylation sites is 1. The highest BCUT2D eigenvalue weighted by molar-refractivity contribution is 9.10. The molecule has 3 heterocycles. The van der Waals surface area contributed by atoms with Crippen molar-refractivity contribution >= 4 is 45.2 Å². The second-order valence-electron chi connectivity index (χ2n) is 7.19. The number of aryl methyl sites for hydroxylation is 1. The molecule has 0 amide bonds. The summed E-state index contributed by atoms with van der Waals surface area (Å²) in [5.74, 6) is 2.45. The number of thiazole rings is 1. The number of nitrogens with zero attached hydrogens (tertiary/aromatic N) is 5. The Morgan fingerprint density at radius 1 is 1.15 bits per heavy atom. The fraction of sp³-hybridized carbons (Fsp3) is 0.273. The van der Waals surface area contributed by atoms with Gasteiger partial charge in [-0.3, -0.25) is 14.3 Å². The lowest BCUT2D eigenvalue weighted by atomic mass is 10.2. The third-order valence-corrected chi connectivity index (χ3v) is 7.03. The maximum absolute atomic E-state index is 5.66. The van der Waals surface area contributed by atoms with Crippen molar-refractivity contribution in [2.24, 2.45) is 0 Å². The van der Waals surface area contributed by atoms with Crippen LogP contribution in [0.5, 0.6) is 11.5 Å². The maximum Gasteiger partial charge on any atom is 0.239 e. The number of rotatable bonds is 9. The van der Waals surface area contributed by atoms with E-state index >= 15 is 0 Å². The van der Waals surface area contributed by atoms with Crippen molar-refractivity contribution in [3.63, 3.8) is 0 Å². The Morgan fingerprint density at radius 2 is 1.91 bits per heavy atom. The number of methoxy groups -OCH3 is 2. The van der Waals surface area contributed by atoms with Gasteiger partial charge in [-0.2, -0.15) is 0 Å². The van der Waals surface area contributed by atoms with Crippen molar-refractivity contribution < 1.29 is 9.47 Å². The molecule has 172 valence electrons. The Morgan fingerprint density at radius 3 is 2.52 bits per heavy atom. The van der Waals surface area contributed by atoms with Gasteiger partial charge in [-0.25, -0.2) is 4.98 Å². The van der Waals surface area contributed by atoms with Crippen molar-refractivity contribution in [2.75, 3.05) is 18.9 Å². The Hall–Kier alpha value is -2.63. The lowest BCUT2D eigenvalue weighted by molar-refractivity contribution is 0.391. The minimum Gasteiger partial charge on any atom is -0.494 e. The maximum atomic E-state index is 5.66. The number of pyridine rings is 1. The summed E-state index contributed by atoms with van der Waals surface area (Å²) in [4.78, 5) is 9.09. The van der Waals surface area contributed by atoms with Crippen LogP contribution in [0.3, 0.4) is 0 Å². The first-order valence-electron chi connectivity index (χ1n) is 10.1. The predicted octanol–water partition coefficient (Wildman–Crippen LogP) is 5.57. The van der Waals surface area contributed by atoms with E-state index in [0.29, 0.717) is 29.0 Å². The van der Waals surface area contributed by atoms with E-state index in [4.69, 9.17) is 9.47 Å². The molecule has 3 aromatic heterocycles. The summed E-state index contributed by atoms with van der Waals surface area (Å²) in [5, 5.41) is 11.9. The van der Waals surface area contributed by atoms with Crippen LogP contribution in [0.2, 0.25) is 0 Å². The smallest absolute Gasteiger partial charge is 0.239 e. The fourth-order valence-electron chi connectivity index (χ4n) is 3.23. The number of halogens is 1. The summed E-state index contributed by atoms with van der Waals surface area (Å²) in [6, 6.07) is 9.67. The van der Waals surface area contributed by atoms with Gasteiger partial charge in [-0.05, 0) is 59.1 Å². The van der Waals surface area contributed by atoms with E-state index in [1.165, 1.54) is 11.3 Å². The second-order valence-corrected chi connectivity index (χ2v) is 10.2. The van der Waals surface area contributed by atoms with Gasteiger partial charge in [0.25, 0.3) is 0 Å². The highest BCUT2D eigenvalue weighted by Crippen LogP contribution is 2.38. The van der Waals surface area contributed by atoms with Crippen molar-refractivity contribution in [3.8, 4) is 28.0 Å². The minimum atomic E-state index is 0.231. The van der Waals surface area contributed by atoms with Gasteiger partial charge in [0.15, 0.2) is 10.8 Å². The standard InChI is InChI=1S/C22H23BrN6O2S2/c1-13-12-32-21(25-13)20-26-27-22(28-33-14(2)10-16-9-8-15(23)11-24-16)29(20)19-17(30-3)6-5-7-18(19)31-4/h5-9,11-12,14H,10H2,1-4H3,(H,27,28). The molecule has 0 aliphatic heterocycles. The van der Waals surface area contributed by atoms with Crippen molar-refractivity contribution in [1.29, 1.82) is 0 Å². The molecule has 33 heavy (non-hydrogen) atoms. The fourth-order valence-corrected chi connectivity index (χ4v) is 4.92. The quantitative estimate of drug-likeness (QED) is 0.273. The van der Waals surface area contributed by atoms with Gasteiger partial charge in [0.1, 0.15) is 17.2 Å². The zero-order chi connectivity index (χ0) is 23.4. The second kappa shape index (κ2) is 10.5. The summed E-state index contributed by atoms with van der Waals surface area (Å²) in [5.41, 5.74) is 2.66. The molecule has 11 heteroatoms. The highest BCUT2D eigenvalue weighted by atomic mass is 79.9. The van der Waals surface area contributed by atoms with E-state index in [1.807, 2.05) is 53.4 Å². The zero-order valence-corrected chi connectivity index (χ0v) is 21.8.